The molecule has 0 aliphatic heterocycles. The number of hydrogen-bond donors (Lipinski definition) is 1. The molecule has 3 rings (SSSR count). The maximum atomic E-state index is 14.3. The van der Waals surface area contributed by atoms with E-state index in [4.69, 9.17) is 16.3 Å². The first-order chi connectivity index (χ1) is 13.7. The van der Waals surface area contributed by atoms with Crippen LogP contribution in [0.25, 0.3) is 5.00 Å². The van der Waals surface area contributed by atoms with E-state index in [1.54, 1.807) is 45.9 Å². The number of benzene rings is 1. The molecule has 0 bridgehead atoms. The maximum absolute atomic E-state index is 14.3. The van der Waals surface area contributed by atoms with Gasteiger partial charge in [0.25, 0.3) is 0 Å². The number of ether oxygens (including phenoxy) is 1. The lowest BCUT2D eigenvalue weighted by Gasteiger charge is -2.16. The van der Waals surface area contributed by atoms with Gasteiger partial charge in [-0.1, -0.05) is 11.6 Å². The molecule has 29 heavy (non-hydrogen) atoms. The van der Waals surface area contributed by atoms with Crippen LogP contribution < -0.4 is 21.4 Å². The Morgan fingerprint density at radius 2 is 1.90 bits per heavy atom. The summed E-state index contributed by atoms with van der Waals surface area (Å²) in [4.78, 5) is 29.4. The van der Waals surface area contributed by atoms with Gasteiger partial charge in [0.1, 0.15) is 5.00 Å². The molecule has 0 radical (unpaired) electrons. The van der Waals surface area contributed by atoms with Crippen LogP contribution in [-0.4, -0.2) is 20.2 Å². The van der Waals surface area contributed by atoms with Crippen molar-refractivity contribution in [2.24, 2.45) is 0 Å². The minimum Gasteiger partial charge on any atom is -0.488 e. The van der Waals surface area contributed by atoms with Crippen molar-refractivity contribution in [2.75, 3.05) is 5.32 Å². The Morgan fingerprint density at radius 3 is 2.45 bits per heavy atom. The zero-order chi connectivity index (χ0) is 21.3. The summed E-state index contributed by atoms with van der Waals surface area (Å²) in [5.41, 5.74) is -0.962. The van der Waals surface area contributed by atoms with E-state index in [2.05, 4.69) is 10.3 Å². The average Bonchev–Trinajstić information content (AvgIpc) is 3.02. The molecule has 1 aromatic carbocycles. The Balaban J connectivity index is 2.11. The summed E-state index contributed by atoms with van der Waals surface area (Å²) in [5.74, 6) is -0.504. The molecule has 154 valence electrons. The number of halogens is 2. The zero-order valence-corrected chi connectivity index (χ0v) is 17.8. The van der Waals surface area contributed by atoms with Crippen LogP contribution in [0.4, 0.5) is 16.0 Å². The molecule has 7 nitrogen and oxygen atoms in total. The fourth-order valence-corrected chi connectivity index (χ4v) is 3.71. The van der Waals surface area contributed by atoms with E-state index in [-0.39, 0.29) is 23.8 Å². The van der Waals surface area contributed by atoms with Crippen LogP contribution in [-0.2, 0) is 0 Å². The maximum Gasteiger partial charge on any atom is 0.355 e. The Bertz CT molecular complexity index is 1150. The molecule has 0 unspecified atom stereocenters. The molecular formula is C19H20ClFN4O3S. The summed E-state index contributed by atoms with van der Waals surface area (Å²) < 4.78 is 22.5. The highest BCUT2D eigenvalue weighted by molar-refractivity contribution is 7.18. The van der Waals surface area contributed by atoms with Crippen molar-refractivity contribution in [3.63, 3.8) is 0 Å². The Labute approximate surface area is 175 Å². The van der Waals surface area contributed by atoms with Crippen molar-refractivity contribution in [1.29, 1.82) is 0 Å². The molecule has 0 aliphatic rings. The van der Waals surface area contributed by atoms with E-state index >= 15 is 0 Å². The lowest BCUT2D eigenvalue weighted by Crippen LogP contribution is -2.42. The summed E-state index contributed by atoms with van der Waals surface area (Å²) >= 11 is 7.18. The lowest BCUT2D eigenvalue weighted by molar-refractivity contribution is 0.231. The SMILES string of the molecule is CC(C)Oc1ccc(Nc2nc(=O)n(C(C)C)c(=O)n2-c2ccc(Cl)s2)cc1F. The van der Waals surface area contributed by atoms with E-state index in [9.17, 15) is 14.0 Å². The van der Waals surface area contributed by atoms with Crippen molar-refractivity contribution in [3.05, 3.63) is 61.5 Å². The van der Waals surface area contributed by atoms with E-state index < -0.39 is 17.2 Å². The minimum atomic E-state index is -0.702. The molecule has 10 heteroatoms. The number of nitrogens with one attached hydrogen (secondary N) is 1. The van der Waals surface area contributed by atoms with Crippen LogP contribution in [0.2, 0.25) is 4.34 Å². The zero-order valence-electron chi connectivity index (χ0n) is 16.3. The quantitative estimate of drug-likeness (QED) is 0.618. The molecule has 2 heterocycles. The smallest absolute Gasteiger partial charge is 0.355 e. The van der Waals surface area contributed by atoms with E-state index in [1.165, 1.54) is 16.7 Å². The second-order valence-corrected chi connectivity index (χ2v) is 8.51. The van der Waals surface area contributed by atoms with Crippen molar-refractivity contribution in [3.8, 4) is 10.8 Å². The lowest BCUT2D eigenvalue weighted by atomic mass is 10.3. The standard InChI is InChI=1S/C19H20ClFN4O3S/c1-10(2)24-18(26)23-17(25(19(24)27)16-8-7-15(20)29-16)22-12-5-6-14(13(21)9-12)28-11(3)4/h5-11H,1-4H3,(H,22,23,26). The van der Waals surface area contributed by atoms with Crippen LogP contribution in [0.3, 0.4) is 0 Å². The van der Waals surface area contributed by atoms with Crippen molar-refractivity contribution in [1.82, 2.24) is 14.1 Å². The summed E-state index contributed by atoms with van der Waals surface area (Å²) in [7, 11) is 0. The van der Waals surface area contributed by atoms with Crippen LogP contribution >= 0.6 is 22.9 Å². The van der Waals surface area contributed by atoms with Crippen LogP contribution in [0.1, 0.15) is 33.7 Å². The first kappa shape index (κ1) is 21.1. The third kappa shape index (κ3) is 4.51. The minimum absolute atomic E-state index is 0.0349. The number of anilines is 2. The number of rotatable bonds is 6. The molecule has 0 atom stereocenters. The molecule has 0 amide bonds. The third-order valence-corrected chi connectivity index (χ3v) is 5.08. The highest BCUT2D eigenvalue weighted by Gasteiger charge is 2.18. The van der Waals surface area contributed by atoms with Gasteiger partial charge in [-0.25, -0.2) is 23.1 Å². The first-order valence-electron chi connectivity index (χ1n) is 8.92. The predicted molar refractivity (Wildman–Crippen MR) is 113 cm³/mol. The highest BCUT2D eigenvalue weighted by atomic mass is 35.5. The highest BCUT2D eigenvalue weighted by Crippen LogP contribution is 2.28. The summed E-state index contributed by atoms with van der Waals surface area (Å²) in [6.45, 7) is 7.02. The van der Waals surface area contributed by atoms with Gasteiger partial charge in [-0.2, -0.15) is 4.98 Å². The molecule has 0 fully saturated rings. The van der Waals surface area contributed by atoms with Gasteiger partial charge in [0.2, 0.25) is 5.95 Å². The van der Waals surface area contributed by atoms with Crippen molar-refractivity contribution < 1.29 is 9.13 Å². The topological polar surface area (TPSA) is 78.2 Å². The second-order valence-electron chi connectivity index (χ2n) is 6.81. The Hall–Kier alpha value is -2.65. The molecule has 0 spiro atoms. The van der Waals surface area contributed by atoms with Crippen molar-refractivity contribution in [2.45, 2.75) is 39.8 Å². The average molecular weight is 439 g/mol. The molecule has 0 saturated carbocycles. The van der Waals surface area contributed by atoms with Gasteiger partial charge in [-0.3, -0.25) is 0 Å². The van der Waals surface area contributed by atoms with Gasteiger partial charge >= 0.3 is 11.4 Å². The predicted octanol–water partition coefficient (Wildman–Crippen LogP) is 4.36. The molecule has 2 aromatic heterocycles. The van der Waals surface area contributed by atoms with Gasteiger partial charge in [0.05, 0.1) is 10.4 Å². The normalized spacial score (nSPS) is 11.3. The Kier molecular flexibility index (Phi) is 6.09. The van der Waals surface area contributed by atoms with E-state index in [0.717, 1.165) is 15.9 Å². The largest absolute Gasteiger partial charge is 0.488 e. The van der Waals surface area contributed by atoms with Crippen LogP contribution in [0.15, 0.2) is 39.9 Å². The fraction of sp³-hybridized carbons (Fsp3) is 0.316. The number of thiophene rings is 1. The van der Waals surface area contributed by atoms with E-state index in [0.29, 0.717) is 15.0 Å². The molecule has 3 aromatic rings. The van der Waals surface area contributed by atoms with Crippen LogP contribution in [0, 0.1) is 5.82 Å². The monoisotopic (exact) mass is 438 g/mol. The molecule has 0 saturated heterocycles. The van der Waals surface area contributed by atoms with Gasteiger partial charge in [0.15, 0.2) is 11.6 Å². The second kappa shape index (κ2) is 8.38. The summed E-state index contributed by atoms with van der Waals surface area (Å²) in [6, 6.07) is 7.16. The molecule has 1 N–H and O–H groups in total. The third-order valence-electron chi connectivity index (χ3n) is 3.86. The number of aromatic nitrogens is 3. The first-order valence-corrected chi connectivity index (χ1v) is 10.1. The number of nitrogens with zero attached hydrogens (tertiary/aromatic N) is 3. The Morgan fingerprint density at radius 1 is 1.17 bits per heavy atom. The van der Waals surface area contributed by atoms with Gasteiger partial charge in [0, 0.05) is 17.8 Å². The van der Waals surface area contributed by atoms with E-state index in [1.807, 2.05) is 0 Å². The fourth-order valence-electron chi connectivity index (χ4n) is 2.68. The van der Waals surface area contributed by atoms with Gasteiger partial charge < -0.3 is 10.1 Å². The molecule has 0 aliphatic carbocycles. The molecular weight excluding hydrogens is 419 g/mol. The summed E-state index contributed by atoms with van der Waals surface area (Å²) in [5, 5.41) is 3.33. The number of hydrogen-bond acceptors (Lipinski definition) is 6. The van der Waals surface area contributed by atoms with Gasteiger partial charge in [-0.05, 0) is 52.0 Å². The van der Waals surface area contributed by atoms with Crippen LogP contribution in [0.5, 0.6) is 5.75 Å². The summed E-state index contributed by atoms with van der Waals surface area (Å²) in [6.07, 6.45) is -0.178. The van der Waals surface area contributed by atoms with Crippen molar-refractivity contribution >= 4 is 34.6 Å². The van der Waals surface area contributed by atoms with Gasteiger partial charge in [-0.15, -0.1) is 11.3 Å².